The van der Waals surface area contributed by atoms with Gasteiger partial charge in [0.05, 0.1) is 0 Å². The Morgan fingerprint density at radius 1 is 0.198 bits per heavy atom. The monoisotopic (exact) mass is 2160 g/mol. The van der Waals surface area contributed by atoms with Crippen molar-refractivity contribution in [2.45, 2.75) is 38.5 Å². The molecule has 0 N–H and O–H groups in total. The molecule has 528 valence electrons. The first-order valence-electron chi connectivity index (χ1n) is 34.4. The van der Waals surface area contributed by atoms with E-state index in [1.807, 2.05) is 48.5 Å². The van der Waals surface area contributed by atoms with Gasteiger partial charge in [-0.3, -0.25) is 23.7 Å². The van der Waals surface area contributed by atoms with Crippen molar-refractivity contribution in [3.8, 4) is 45.9 Å². The molecule has 2 aliphatic rings. The van der Waals surface area contributed by atoms with Gasteiger partial charge in [-0.2, -0.15) is 0 Å². The molecule has 0 heterocycles. The molecule has 14 aromatic rings. The molecule has 0 aromatic heterocycles. The van der Waals surface area contributed by atoms with Crippen LogP contribution in [0.25, 0.3) is 22.3 Å². The van der Waals surface area contributed by atoms with Crippen molar-refractivity contribution in [3.63, 3.8) is 0 Å². The Morgan fingerprint density at radius 2 is 0.340 bits per heavy atom. The molecule has 16 rings (SSSR count). The van der Waals surface area contributed by atoms with Gasteiger partial charge in [-0.05, 0) is 166 Å². The molecule has 0 nitrogen and oxygen atoms in total. The summed E-state index contributed by atoms with van der Waals surface area (Å²) in [5.41, 5.74) is 12.8. The Labute approximate surface area is 696 Å². The Bertz CT molecular complexity index is 4560. The minimum absolute atomic E-state index is 0. The Kier molecular flexibility index (Phi) is 30.0. The van der Waals surface area contributed by atoms with Crippen molar-refractivity contribution in [3.05, 3.63) is 434 Å². The van der Waals surface area contributed by atoms with Crippen LogP contribution >= 0.6 is 31.7 Å². The van der Waals surface area contributed by atoms with Gasteiger partial charge < -0.3 is 25.7 Å². The molecule has 0 saturated carbocycles. The summed E-state index contributed by atoms with van der Waals surface area (Å²) >= 11 is 0. The van der Waals surface area contributed by atoms with Crippen molar-refractivity contribution in [2.75, 3.05) is 0 Å². The number of rotatable bonds is 12. The van der Waals surface area contributed by atoms with Gasteiger partial charge in [-0.1, -0.05) is 222 Å². The zero-order chi connectivity index (χ0) is 70.4. The molecular formula is C98H76Au4P4+4. The van der Waals surface area contributed by atoms with E-state index in [2.05, 4.69) is 367 Å². The van der Waals surface area contributed by atoms with Crippen molar-refractivity contribution < 1.29 is 89.5 Å². The topological polar surface area (TPSA) is 0 Å². The van der Waals surface area contributed by atoms with Gasteiger partial charge in [0.2, 0.25) is 0 Å². The van der Waals surface area contributed by atoms with E-state index in [1.165, 1.54) is 108 Å². The third-order valence-electron chi connectivity index (χ3n) is 19.4. The average molecular weight is 2170 g/mol. The summed E-state index contributed by atoms with van der Waals surface area (Å²) in [5.74, 6) is 9.81. The van der Waals surface area contributed by atoms with E-state index in [1.54, 1.807) is 0 Å². The average Bonchev–Trinajstić information content (AvgIpc) is 1.57. The van der Waals surface area contributed by atoms with Crippen LogP contribution in [0, 0.1) is 49.4 Å². The molecule has 0 saturated heterocycles. The molecular weight excluding hydrogens is 2090 g/mol. The van der Waals surface area contributed by atoms with Crippen molar-refractivity contribution in [2.24, 2.45) is 0 Å². The second-order valence-electron chi connectivity index (χ2n) is 26.3. The molecule has 0 bridgehead atoms. The normalized spacial score (nSPS) is 11.7. The van der Waals surface area contributed by atoms with E-state index in [9.17, 15) is 0 Å². The molecule has 0 radical (unpaired) electrons. The van der Waals surface area contributed by atoms with Gasteiger partial charge in [0, 0.05) is 10.8 Å². The number of benzene rings is 14. The molecule has 0 atom stereocenters. The summed E-state index contributed by atoms with van der Waals surface area (Å²) < 4.78 is 0. The molecule has 0 aliphatic heterocycles. The second kappa shape index (κ2) is 38.7. The maximum Gasteiger partial charge on any atom is 1.00 e. The minimum atomic E-state index is -1.14. The Morgan fingerprint density at radius 3 is 0.481 bits per heavy atom. The molecule has 0 unspecified atom stereocenters. The van der Waals surface area contributed by atoms with Gasteiger partial charge in [0.15, 0.2) is 0 Å². The third-order valence-corrected chi connectivity index (χ3v) is 31.0. The second-order valence-corrected chi connectivity index (χ2v) is 36.1. The molecule has 14 aromatic carbocycles. The van der Waals surface area contributed by atoms with Crippen LogP contribution in [-0.4, -0.2) is 0 Å². The van der Waals surface area contributed by atoms with E-state index >= 15 is 0 Å². The first-order chi connectivity index (χ1) is 50.0. The van der Waals surface area contributed by atoms with E-state index in [4.69, 9.17) is 25.7 Å². The summed E-state index contributed by atoms with van der Waals surface area (Å²) in [6, 6.07) is 131. The fourth-order valence-electron chi connectivity index (χ4n) is 14.4. The maximum atomic E-state index is 7.28. The quantitative estimate of drug-likeness (QED) is 0.0495. The first kappa shape index (κ1) is 82.1. The number of hydrogen-bond donors (Lipinski definition) is 0. The van der Waals surface area contributed by atoms with Crippen LogP contribution in [0.1, 0.15) is 72.2 Å². The van der Waals surface area contributed by atoms with Gasteiger partial charge in [0.1, 0.15) is 95.3 Å². The smallest absolute Gasteiger partial charge is 0.366 e. The van der Waals surface area contributed by atoms with Gasteiger partial charge in [-0.15, -0.1) is 70.8 Å². The van der Waals surface area contributed by atoms with Crippen LogP contribution in [0.2, 0.25) is 0 Å². The standard InChI is InChI=1S/2C30H24P2.2C19H12.4Au/c2*1-5-15-25(16-6-1)31(26-17-7-2-8-18-26)29-23-13-14-24-30(29)32(27-19-9-3-10-20-27)28-21-11-4-12-22-28;2*1-5-13-7-9-15-16-10-8-14(6-2)12-18(16)19(3,4)17(15)11-13;;;;/h2*1-24H;2*7-12H,3-4H3;;;;/q;;2*-2;4*+1/p+4. The first-order valence-corrected chi connectivity index (χ1v) is 40.4. The van der Waals surface area contributed by atoms with Gasteiger partial charge in [-0.25, -0.2) is 0 Å². The Balaban J connectivity index is 0.000000166. The Hall–Kier alpha value is -8.00. The largest absolute Gasteiger partial charge is 1.00 e. The summed E-state index contributed by atoms with van der Waals surface area (Å²) in [6.45, 7) is 8.72. The summed E-state index contributed by atoms with van der Waals surface area (Å²) in [4.78, 5) is 0. The summed E-state index contributed by atoms with van der Waals surface area (Å²) in [5, 5.41) is 17.4. The van der Waals surface area contributed by atoms with Crippen molar-refractivity contribution >= 4 is 95.3 Å². The minimum Gasteiger partial charge on any atom is -0.366 e. The molecule has 0 fully saturated rings. The van der Waals surface area contributed by atoms with Gasteiger partial charge in [0.25, 0.3) is 0 Å². The maximum absolute atomic E-state index is 7.28. The predicted molar refractivity (Wildman–Crippen MR) is 446 cm³/mol. The van der Waals surface area contributed by atoms with Crippen molar-refractivity contribution in [1.29, 1.82) is 0 Å². The zero-order valence-corrected chi connectivity index (χ0v) is 71.5. The number of fused-ring (bicyclic) bond motifs is 6. The molecule has 8 heteroatoms. The molecule has 0 amide bonds. The number of hydrogen-bond acceptors (Lipinski definition) is 0. The van der Waals surface area contributed by atoms with Crippen LogP contribution in [0.15, 0.2) is 364 Å². The van der Waals surface area contributed by atoms with E-state index < -0.39 is 31.7 Å². The fraction of sp³-hybridized carbons (Fsp3) is 0.0612. The van der Waals surface area contributed by atoms with Crippen molar-refractivity contribution in [1.82, 2.24) is 0 Å². The molecule has 2 aliphatic carbocycles. The summed E-state index contributed by atoms with van der Waals surface area (Å²) in [6.07, 6.45) is 29.1. The SMILES string of the molecule is [Au+].[Au+].[Au+].[Au+].[C-]#Cc1ccc2c(c1)C(C)(C)c1cc(C#[C-])ccc1-2.[C-]#Cc1ccc2c(c1)C(C)(C)c1cc(C#[C-])ccc1-2.c1ccc([PH+](c2ccccc2)c2ccccc2[PH+](c2ccccc2)c2ccccc2)cc1.c1ccc([PH+](c2ccccc2)c2ccccc2[PH+](c2ccccc2)c2ccccc2)cc1. The van der Waals surface area contributed by atoms with Gasteiger partial charge >= 0.3 is 89.5 Å². The van der Waals surface area contributed by atoms with Crippen LogP contribution in [0.4, 0.5) is 0 Å². The molecule has 106 heavy (non-hydrogen) atoms. The van der Waals surface area contributed by atoms with E-state index in [-0.39, 0.29) is 100 Å². The van der Waals surface area contributed by atoms with E-state index in [0.29, 0.717) is 0 Å². The summed E-state index contributed by atoms with van der Waals surface area (Å²) in [7, 11) is -4.56. The van der Waals surface area contributed by atoms with E-state index in [0.717, 1.165) is 22.3 Å². The molecule has 0 spiro atoms. The van der Waals surface area contributed by atoms with Crippen LogP contribution < -0.4 is 63.7 Å². The third kappa shape index (κ3) is 18.2. The van der Waals surface area contributed by atoms with Crippen LogP contribution in [0.3, 0.4) is 0 Å². The van der Waals surface area contributed by atoms with Crippen LogP contribution in [-0.2, 0) is 100 Å². The predicted octanol–water partition coefficient (Wildman–Crippen LogP) is 17.1. The fourth-order valence-corrected chi connectivity index (χ4v) is 26.4. The zero-order valence-electron chi connectivity index (χ0n) is 58.8. The van der Waals surface area contributed by atoms with Crippen LogP contribution in [0.5, 0.6) is 0 Å².